The third kappa shape index (κ3) is 2.16. The molecule has 0 atom stereocenters. The van der Waals surface area contributed by atoms with Crippen molar-refractivity contribution in [1.82, 2.24) is 9.97 Å². The lowest BCUT2D eigenvalue weighted by Crippen LogP contribution is -2.12. The van der Waals surface area contributed by atoms with Gasteiger partial charge in [0.25, 0.3) is 5.91 Å². The second-order valence-electron chi connectivity index (χ2n) is 4.56. The Hall–Kier alpha value is -2.02. The minimum atomic E-state index is -0.252. The van der Waals surface area contributed by atoms with E-state index in [1.165, 1.54) is 29.0 Å². The molecule has 7 heteroatoms. The van der Waals surface area contributed by atoms with Crippen LogP contribution in [0.4, 0.5) is 5.82 Å². The summed E-state index contributed by atoms with van der Waals surface area (Å²) in [6, 6.07) is 9.58. The van der Waals surface area contributed by atoms with E-state index < -0.39 is 0 Å². The summed E-state index contributed by atoms with van der Waals surface area (Å²) in [5.74, 6) is 0.252. The number of halogens is 1. The van der Waals surface area contributed by atoms with Crippen molar-refractivity contribution >= 4 is 66.3 Å². The van der Waals surface area contributed by atoms with Gasteiger partial charge in [0.15, 0.2) is 0 Å². The van der Waals surface area contributed by atoms with Gasteiger partial charge < -0.3 is 5.32 Å². The topological polar surface area (TPSA) is 54.9 Å². The lowest BCUT2D eigenvalue weighted by molar-refractivity contribution is 0.103. The monoisotopic (exact) mass is 345 g/mol. The minimum absolute atomic E-state index is 0.252. The predicted molar refractivity (Wildman–Crippen MR) is 92.2 cm³/mol. The lowest BCUT2D eigenvalue weighted by Gasteiger charge is -2.03. The van der Waals surface area contributed by atoms with Crippen LogP contribution in [0.25, 0.3) is 20.3 Å². The zero-order valence-corrected chi connectivity index (χ0v) is 13.4. The molecule has 0 aliphatic heterocycles. The van der Waals surface area contributed by atoms with Gasteiger partial charge in [-0.25, -0.2) is 9.97 Å². The van der Waals surface area contributed by atoms with E-state index in [2.05, 4.69) is 15.3 Å². The van der Waals surface area contributed by atoms with E-state index in [1.807, 2.05) is 35.7 Å². The van der Waals surface area contributed by atoms with Crippen LogP contribution in [0.2, 0.25) is 5.02 Å². The van der Waals surface area contributed by atoms with Gasteiger partial charge in [-0.15, -0.1) is 22.7 Å². The number of rotatable bonds is 2. The van der Waals surface area contributed by atoms with Gasteiger partial charge in [0, 0.05) is 10.1 Å². The van der Waals surface area contributed by atoms with Gasteiger partial charge in [-0.3, -0.25) is 4.79 Å². The molecule has 3 heterocycles. The Bertz CT molecular complexity index is 1010. The van der Waals surface area contributed by atoms with Crippen molar-refractivity contribution in [3.05, 3.63) is 51.9 Å². The fraction of sp³-hybridized carbons (Fsp3) is 0. The summed E-state index contributed by atoms with van der Waals surface area (Å²) in [6.07, 6.45) is 1.45. The number of amides is 1. The first kappa shape index (κ1) is 13.6. The van der Waals surface area contributed by atoms with Crippen molar-refractivity contribution in [3.63, 3.8) is 0 Å². The van der Waals surface area contributed by atoms with Crippen molar-refractivity contribution in [2.75, 3.05) is 5.32 Å². The third-order valence-corrected chi connectivity index (χ3v) is 5.73. The molecule has 22 heavy (non-hydrogen) atoms. The van der Waals surface area contributed by atoms with Crippen molar-refractivity contribution in [3.8, 4) is 0 Å². The first-order valence-corrected chi connectivity index (χ1v) is 8.48. The van der Waals surface area contributed by atoms with Gasteiger partial charge in [0.1, 0.15) is 21.9 Å². The lowest BCUT2D eigenvalue weighted by atomic mass is 10.2. The van der Waals surface area contributed by atoms with Crippen LogP contribution < -0.4 is 5.32 Å². The average molecular weight is 346 g/mol. The Balaban J connectivity index is 1.75. The third-order valence-electron chi connectivity index (χ3n) is 3.23. The number of hydrogen-bond donors (Lipinski definition) is 1. The van der Waals surface area contributed by atoms with Crippen molar-refractivity contribution in [2.45, 2.75) is 0 Å². The molecule has 1 aromatic carbocycles. The van der Waals surface area contributed by atoms with E-state index in [-0.39, 0.29) is 5.91 Å². The summed E-state index contributed by atoms with van der Waals surface area (Å²) in [7, 11) is 0. The highest BCUT2D eigenvalue weighted by Gasteiger charge is 2.18. The molecule has 0 fully saturated rings. The number of carbonyl (C=O) groups is 1. The van der Waals surface area contributed by atoms with Crippen LogP contribution >= 0.6 is 34.3 Å². The maximum Gasteiger partial charge on any atom is 0.268 e. The van der Waals surface area contributed by atoms with Crippen LogP contribution in [0.5, 0.6) is 0 Å². The zero-order valence-electron chi connectivity index (χ0n) is 11.0. The highest BCUT2D eigenvalue weighted by Crippen LogP contribution is 2.35. The second kappa shape index (κ2) is 5.31. The van der Waals surface area contributed by atoms with Gasteiger partial charge in [-0.2, -0.15) is 0 Å². The molecule has 3 aromatic heterocycles. The van der Waals surface area contributed by atoms with Crippen LogP contribution in [-0.2, 0) is 0 Å². The first-order chi connectivity index (χ1) is 10.7. The van der Waals surface area contributed by atoms with Crippen molar-refractivity contribution in [1.29, 1.82) is 0 Å². The molecule has 0 radical (unpaired) electrons. The van der Waals surface area contributed by atoms with Crippen molar-refractivity contribution < 1.29 is 4.79 Å². The van der Waals surface area contributed by atoms with E-state index in [1.54, 1.807) is 0 Å². The van der Waals surface area contributed by atoms with Gasteiger partial charge in [0.2, 0.25) is 0 Å². The number of nitrogens with zero attached hydrogens (tertiary/aromatic N) is 2. The number of thiophene rings is 2. The molecule has 108 valence electrons. The van der Waals surface area contributed by atoms with Crippen LogP contribution in [-0.4, -0.2) is 15.9 Å². The maximum atomic E-state index is 12.5. The molecule has 4 nitrogen and oxygen atoms in total. The number of fused-ring (bicyclic) bond motifs is 2. The molecule has 0 aliphatic carbocycles. The summed E-state index contributed by atoms with van der Waals surface area (Å²) in [5, 5.41) is 6.95. The average Bonchev–Trinajstić information content (AvgIpc) is 3.13. The van der Waals surface area contributed by atoms with E-state index in [0.29, 0.717) is 15.7 Å². The van der Waals surface area contributed by atoms with Gasteiger partial charge in [0.05, 0.1) is 10.4 Å². The summed E-state index contributed by atoms with van der Waals surface area (Å²) >= 11 is 9.21. The predicted octanol–water partition coefficient (Wildman–Crippen LogP) is 4.81. The molecule has 4 rings (SSSR count). The highest BCUT2D eigenvalue weighted by atomic mass is 35.5. The van der Waals surface area contributed by atoms with Gasteiger partial charge >= 0.3 is 0 Å². The summed E-state index contributed by atoms with van der Waals surface area (Å²) in [4.78, 5) is 22.2. The van der Waals surface area contributed by atoms with E-state index in [0.717, 1.165) is 20.3 Å². The Morgan fingerprint density at radius 2 is 2.00 bits per heavy atom. The largest absolute Gasteiger partial charge is 0.305 e. The molecule has 0 aliphatic rings. The fourth-order valence-electron chi connectivity index (χ4n) is 2.21. The fourth-order valence-corrected chi connectivity index (χ4v) is 4.36. The summed E-state index contributed by atoms with van der Waals surface area (Å²) in [5.41, 5.74) is 0. The quantitative estimate of drug-likeness (QED) is 0.567. The molecule has 0 unspecified atom stereocenters. The SMILES string of the molecule is O=C(Nc1ncnc2sccc12)c1sc2ccccc2c1Cl. The number of benzene rings is 1. The Morgan fingerprint density at radius 1 is 1.14 bits per heavy atom. The number of anilines is 1. The Kier molecular flexibility index (Phi) is 3.29. The van der Waals surface area contributed by atoms with Crippen LogP contribution in [0.15, 0.2) is 42.0 Å². The molecular weight excluding hydrogens is 338 g/mol. The van der Waals surface area contributed by atoms with Crippen LogP contribution in [0.3, 0.4) is 0 Å². The number of hydrogen-bond acceptors (Lipinski definition) is 5. The normalized spacial score (nSPS) is 11.1. The van der Waals surface area contributed by atoms with Crippen LogP contribution in [0, 0.1) is 0 Å². The molecule has 0 spiro atoms. The molecule has 4 aromatic rings. The number of nitrogens with one attached hydrogen (secondary N) is 1. The van der Waals surface area contributed by atoms with E-state index in [4.69, 9.17) is 11.6 Å². The first-order valence-electron chi connectivity index (χ1n) is 6.40. The standard InChI is InChI=1S/C15H8ClN3OS2/c16-11-8-3-1-2-4-10(8)22-12(11)14(20)19-13-9-5-6-21-15(9)18-7-17-13/h1-7H,(H,17,18,19,20). The van der Waals surface area contributed by atoms with Gasteiger partial charge in [-0.05, 0) is 17.5 Å². The molecule has 1 amide bonds. The van der Waals surface area contributed by atoms with E-state index in [9.17, 15) is 4.79 Å². The summed E-state index contributed by atoms with van der Waals surface area (Å²) in [6.45, 7) is 0. The zero-order chi connectivity index (χ0) is 15.1. The molecule has 1 N–H and O–H groups in total. The molecule has 0 saturated heterocycles. The van der Waals surface area contributed by atoms with E-state index >= 15 is 0 Å². The molecular formula is C15H8ClN3OS2. The van der Waals surface area contributed by atoms with Gasteiger partial charge in [-0.1, -0.05) is 29.8 Å². The molecule has 0 bridgehead atoms. The smallest absolute Gasteiger partial charge is 0.268 e. The van der Waals surface area contributed by atoms with Crippen LogP contribution in [0.1, 0.15) is 9.67 Å². The van der Waals surface area contributed by atoms with Crippen molar-refractivity contribution in [2.24, 2.45) is 0 Å². The maximum absolute atomic E-state index is 12.5. The Morgan fingerprint density at radius 3 is 2.86 bits per heavy atom. The highest BCUT2D eigenvalue weighted by molar-refractivity contribution is 7.21. The minimum Gasteiger partial charge on any atom is -0.305 e. The number of carbonyl (C=O) groups excluding carboxylic acids is 1. The second-order valence-corrected chi connectivity index (χ2v) is 6.88. The number of aromatic nitrogens is 2. The Labute approximate surface area is 138 Å². The summed E-state index contributed by atoms with van der Waals surface area (Å²) < 4.78 is 0.987. The molecule has 0 saturated carbocycles.